The van der Waals surface area contributed by atoms with Crippen LogP contribution in [0.15, 0.2) is 66.7 Å². The minimum absolute atomic E-state index is 0.750. The van der Waals surface area contributed by atoms with Crippen molar-refractivity contribution in [1.29, 1.82) is 0 Å². The quantitative estimate of drug-likeness (QED) is 0.491. The monoisotopic (exact) mass is 326 g/mol. The number of hydrogen-bond acceptors (Lipinski definition) is 0. The fourth-order valence-corrected chi connectivity index (χ4v) is 3.07. The third kappa shape index (κ3) is 3.04. The van der Waals surface area contributed by atoms with Crippen molar-refractivity contribution in [3.63, 3.8) is 0 Å². The van der Waals surface area contributed by atoms with E-state index < -0.39 is 0 Å². The highest BCUT2D eigenvalue weighted by atomic mass is 35.5. The van der Waals surface area contributed by atoms with Crippen LogP contribution >= 0.6 is 23.2 Å². The number of halogens is 2. The van der Waals surface area contributed by atoms with E-state index in [-0.39, 0.29) is 0 Å². The van der Waals surface area contributed by atoms with Crippen molar-refractivity contribution in [2.45, 2.75) is 13.3 Å². The average Bonchev–Trinajstić information content (AvgIpc) is 2.55. The molecule has 0 aromatic heterocycles. The Morgan fingerprint density at radius 1 is 0.727 bits per heavy atom. The molecule has 0 saturated carbocycles. The van der Waals surface area contributed by atoms with E-state index in [0.29, 0.717) is 0 Å². The highest BCUT2D eigenvalue weighted by Crippen LogP contribution is 2.36. The van der Waals surface area contributed by atoms with E-state index in [1.165, 1.54) is 16.7 Å². The first-order valence-corrected chi connectivity index (χ1v) is 8.08. The van der Waals surface area contributed by atoms with Gasteiger partial charge in [-0.1, -0.05) is 72.6 Å². The molecule has 0 unspecified atom stereocenters. The molecule has 0 saturated heterocycles. The molecule has 0 fully saturated rings. The zero-order chi connectivity index (χ0) is 15.5. The van der Waals surface area contributed by atoms with Gasteiger partial charge >= 0.3 is 0 Å². The van der Waals surface area contributed by atoms with Crippen LogP contribution in [0.5, 0.6) is 0 Å². The Labute approximate surface area is 141 Å². The molecule has 2 heteroatoms. The van der Waals surface area contributed by atoms with E-state index >= 15 is 0 Å². The van der Waals surface area contributed by atoms with Crippen molar-refractivity contribution in [2.75, 3.05) is 0 Å². The molecule has 110 valence electrons. The molecular weight excluding hydrogens is 311 g/mol. The summed E-state index contributed by atoms with van der Waals surface area (Å²) in [5.41, 5.74) is 6.08. The molecule has 22 heavy (non-hydrogen) atoms. The third-order valence-corrected chi connectivity index (χ3v) is 4.29. The minimum Gasteiger partial charge on any atom is -0.0843 e. The van der Waals surface area contributed by atoms with Gasteiger partial charge in [0, 0.05) is 10.0 Å². The summed E-state index contributed by atoms with van der Waals surface area (Å²) in [6, 6.07) is 22.4. The van der Waals surface area contributed by atoms with Crippen LogP contribution in [0.4, 0.5) is 0 Å². The molecule has 0 N–H and O–H groups in total. The van der Waals surface area contributed by atoms with E-state index in [0.717, 1.165) is 27.6 Å². The van der Waals surface area contributed by atoms with Crippen molar-refractivity contribution < 1.29 is 0 Å². The normalized spacial score (nSPS) is 10.7. The summed E-state index contributed by atoms with van der Waals surface area (Å²) in [6.45, 7) is 2.18. The lowest BCUT2D eigenvalue weighted by Crippen LogP contribution is -1.92. The lowest BCUT2D eigenvalue weighted by Gasteiger charge is -2.15. The van der Waals surface area contributed by atoms with E-state index in [4.69, 9.17) is 23.2 Å². The Morgan fingerprint density at radius 2 is 1.45 bits per heavy atom. The van der Waals surface area contributed by atoms with Crippen molar-refractivity contribution >= 4 is 23.2 Å². The van der Waals surface area contributed by atoms with E-state index in [1.54, 1.807) is 0 Å². The molecule has 3 aromatic rings. The molecule has 0 heterocycles. The van der Waals surface area contributed by atoms with Crippen LogP contribution < -0.4 is 0 Å². The van der Waals surface area contributed by atoms with Crippen LogP contribution in [-0.4, -0.2) is 0 Å². The summed E-state index contributed by atoms with van der Waals surface area (Å²) in [5.74, 6) is 0. The van der Waals surface area contributed by atoms with Crippen LogP contribution in [0, 0.1) is 0 Å². The van der Waals surface area contributed by atoms with Gasteiger partial charge in [-0.25, -0.2) is 0 Å². The fraction of sp³-hybridized carbons (Fsp3) is 0.100. The smallest absolute Gasteiger partial charge is 0.0412 e. The minimum atomic E-state index is 0.750. The van der Waals surface area contributed by atoms with Gasteiger partial charge in [0.05, 0.1) is 0 Å². The van der Waals surface area contributed by atoms with E-state index in [2.05, 4.69) is 43.3 Å². The maximum atomic E-state index is 6.19. The number of aryl methyl sites for hydroxylation is 1. The standard InChI is InChI=1S/C20H16Cl2/c1-2-14-5-4-8-19(15-9-11-17(21)12-10-15)20(14)16-6-3-7-18(22)13-16/h3-13H,2H2,1H3. The van der Waals surface area contributed by atoms with Gasteiger partial charge in [-0.05, 0) is 58.5 Å². The summed E-state index contributed by atoms with van der Waals surface area (Å²) in [6.07, 6.45) is 0.975. The van der Waals surface area contributed by atoms with Crippen LogP contribution in [0.1, 0.15) is 12.5 Å². The van der Waals surface area contributed by atoms with Crippen LogP contribution in [0.2, 0.25) is 10.0 Å². The van der Waals surface area contributed by atoms with Gasteiger partial charge in [0.1, 0.15) is 0 Å². The van der Waals surface area contributed by atoms with Gasteiger partial charge in [0.25, 0.3) is 0 Å². The SMILES string of the molecule is CCc1cccc(-c2ccc(Cl)cc2)c1-c1cccc(Cl)c1. The van der Waals surface area contributed by atoms with Crippen LogP contribution in [0.25, 0.3) is 22.3 Å². The van der Waals surface area contributed by atoms with Gasteiger partial charge in [-0.2, -0.15) is 0 Å². The molecular formula is C20H16Cl2. The second-order valence-electron chi connectivity index (χ2n) is 5.21. The number of hydrogen-bond donors (Lipinski definition) is 0. The molecule has 0 aliphatic heterocycles. The van der Waals surface area contributed by atoms with Crippen molar-refractivity contribution in [3.05, 3.63) is 82.3 Å². The molecule has 0 bridgehead atoms. The zero-order valence-electron chi connectivity index (χ0n) is 12.3. The highest BCUT2D eigenvalue weighted by Gasteiger charge is 2.11. The first kappa shape index (κ1) is 15.1. The molecule has 0 spiro atoms. The number of benzene rings is 3. The summed E-state index contributed by atoms with van der Waals surface area (Å²) in [5, 5.41) is 1.50. The zero-order valence-corrected chi connectivity index (χ0v) is 13.8. The van der Waals surface area contributed by atoms with Gasteiger partial charge in [0.15, 0.2) is 0 Å². The maximum Gasteiger partial charge on any atom is 0.0412 e. The topological polar surface area (TPSA) is 0 Å². The molecule has 0 amide bonds. The van der Waals surface area contributed by atoms with Gasteiger partial charge in [0.2, 0.25) is 0 Å². The van der Waals surface area contributed by atoms with Crippen molar-refractivity contribution in [3.8, 4) is 22.3 Å². The Balaban J connectivity index is 2.25. The van der Waals surface area contributed by atoms with Crippen molar-refractivity contribution in [1.82, 2.24) is 0 Å². The fourth-order valence-electron chi connectivity index (χ4n) is 2.75. The second kappa shape index (κ2) is 6.56. The molecule has 0 aliphatic rings. The predicted octanol–water partition coefficient (Wildman–Crippen LogP) is 6.89. The van der Waals surface area contributed by atoms with Gasteiger partial charge in [-0.3, -0.25) is 0 Å². The molecule has 0 aliphatic carbocycles. The van der Waals surface area contributed by atoms with Crippen LogP contribution in [0.3, 0.4) is 0 Å². The Kier molecular flexibility index (Phi) is 4.52. The molecule has 0 radical (unpaired) electrons. The van der Waals surface area contributed by atoms with Crippen LogP contribution in [-0.2, 0) is 6.42 Å². The third-order valence-electron chi connectivity index (χ3n) is 3.80. The Morgan fingerprint density at radius 3 is 2.14 bits per heavy atom. The van der Waals surface area contributed by atoms with Gasteiger partial charge < -0.3 is 0 Å². The lowest BCUT2D eigenvalue weighted by atomic mass is 9.89. The second-order valence-corrected chi connectivity index (χ2v) is 6.08. The first-order valence-electron chi connectivity index (χ1n) is 7.33. The van der Waals surface area contributed by atoms with E-state index in [1.807, 2.05) is 30.3 Å². The maximum absolute atomic E-state index is 6.19. The summed E-state index contributed by atoms with van der Waals surface area (Å²) < 4.78 is 0. The summed E-state index contributed by atoms with van der Waals surface area (Å²) in [4.78, 5) is 0. The number of rotatable bonds is 3. The first-order chi connectivity index (χ1) is 10.7. The molecule has 0 atom stereocenters. The van der Waals surface area contributed by atoms with Crippen molar-refractivity contribution in [2.24, 2.45) is 0 Å². The van der Waals surface area contributed by atoms with E-state index in [9.17, 15) is 0 Å². The molecule has 0 nitrogen and oxygen atoms in total. The summed E-state index contributed by atoms with van der Waals surface area (Å²) >= 11 is 12.2. The molecule has 3 aromatic carbocycles. The van der Waals surface area contributed by atoms with Gasteiger partial charge in [-0.15, -0.1) is 0 Å². The summed E-state index contributed by atoms with van der Waals surface area (Å²) in [7, 11) is 0. The largest absolute Gasteiger partial charge is 0.0843 e. The average molecular weight is 327 g/mol. The lowest BCUT2D eigenvalue weighted by molar-refractivity contribution is 1.14. The highest BCUT2D eigenvalue weighted by molar-refractivity contribution is 6.31. The Hall–Kier alpha value is -1.76. The molecule has 3 rings (SSSR count). The predicted molar refractivity (Wildman–Crippen MR) is 96.7 cm³/mol. The Bertz CT molecular complexity index is 789.